The lowest BCUT2D eigenvalue weighted by Crippen LogP contribution is -2.47. The normalized spacial score (nSPS) is 52.6. The maximum absolute atomic E-state index is 12.2. The molecule has 0 unspecified atom stereocenters. The molecule has 0 aromatic heterocycles. The lowest BCUT2D eigenvalue weighted by atomic mass is 9.67. The molecule has 0 aromatic rings. The Kier molecular flexibility index (Phi) is 2.65. The van der Waals surface area contributed by atoms with E-state index in [1.54, 1.807) is 13.0 Å². The van der Waals surface area contributed by atoms with Crippen LogP contribution in [-0.2, 0) is 14.3 Å². The number of allylic oxidation sites excluding steroid dienone is 2. The number of rotatable bonds is 0. The van der Waals surface area contributed by atoms with Gasteiger partial charge >= 0.3 is 5.97 Å². The number of hydrogen-bond acceptors (Lipinski definition) is 4. The van der Waals surface area contributed by atoms with E-state index in [9.17, 15) is 14.7 Å². The van der Waals surface area contributed by atoms with Gasteiger partial charge in [0.1, 0.15) is 6.10 Å². The molecule has 0 spiro atoms. The van der Waals surface area contributed by atoms with E-state index in [1.165, 1.54) is 0 Å². The summed E-state index contributed by atoms with van der Waals surface area (Å²) in [4.78, 5) is 24.0. The monoisotopic (exact) mass is 264 g/mol. The average Bonchev–Trinajstić information content (AvgIpc) is 2.77. The van der Waals surface area contributed by atoms with Gasteiger partial charge in [-0.3, -0.25) is 9.59 Å². The van der Waals surface area contributed by atoms with Crippen molar-refractivity contribution in [1.82, 2.24) is 0 Å². The van der Waals surface area contributed by atoms with Gasteiger partial charge in [0.2, 0.25) is 0 Å². The summed E-state index contributed by atoms with van der Waals surface area (Å²) >= 11 is 0. The van der Waals surface area contributed by atoms with Crippen LogP contribution in [0.15, 0.2) is 12.2 Å². The predicted molar refractivity (Wildman–Crippen MR) is 68.1 cm³/mol. The average molecular weight is 264 g/mol. The quantitative estimate of drug-likeness (QED) is 0.670. The fraction of sp³-hybridized carbons (Fsp3) is 0.733. The van der Waals surface area contributed by atoms with E-state index >= 15 is 0 Å². The van der Waals surface area contributed by atoms with Crippen molar-refractivity contribution in [3.05, 3.63) is 12.2 Å². The summed E-state index contributed by atoms with van der Waals surface area (Å²) in [5, 5.41) is 10.8. The third-order valence-corrected chi connectivity index (χ3v) is 5.52. The highest BCUT2D eigenvalue weighted by molar-refractivity contribution is 5.98. The molecule has 1 aliphatic heterocycles. The molecule has 2 aliphatic carbocycles. The van der Waals surface area contributed by atoms with Crippen molar-refractivity contribution in [2.24, 2.45) is 29.1 Å². The summed E-state index contributed by atoms with van der Waals surface area (Å²) < 4.78 is 5.41. The molecule has 0 radical (unpaired) electrons. The minimum Gasteiger partial charge on any atom is -0.462 e. The number of carbonyl (C=O) groups excluding carboxylic acids is 2. The number of aliphatic hydroxyl groups is 1. The lowest BCUT2D eigenvalue weighted by molar-refractivity contribution is -0.144. The first-order valence-corrected chi connectivity index (χ1v) is 6.98. The Morgan fingerprint density at radius 2 is 2.05 bits per heavy atom. The standard InChI is InChI=1S/C15H20O4/c1-7-6-10-12(8(2)14(18)19-10)13(17)15(3)9(7)4-5-11(15)16/h4-5,7-10,12-13,17H,6H2,1-3H3/t7-,8+,9+,10-,12-,13-,15+/m1/s1. The third-order valence-electron chi connectivity index (χ3n) is 5.52. The Hall–Kier alpha value is -1.16. The van der Waals surface area contributed by atoms with Crippen molar-refractivity contribution in [3.8, 4) is 0 Å². The van der Waals surface area contributed by atoms with E-state index in [4.69, 9.17) is 4.74 Å². The van der Waals surface area contributed by atoms with E-state index in [2.05, 4.69) is 6.92 Å². The Morgan fingerprint density at radius 3 is 2.74 bits per heavy atom. The van der Waals surface area contributed by atoms with Gasteiger partial charge in [0.25, 0.3) is 0 Å². The number of fused-ring (bicyclic) bond motifs is 2. The molecule has 1 heterocycles. The SMILES string of the molecule is C[C@@H]1C[C@H]2OC(=O)[C@@H](C)[C@H]2[C@@H](O)[C@]2(C)C(=O)C=C[C@@H]12. The van der Waals surface area contributed by atoms with Crippen molar-refractivity contribution in [1.29, 1.82) is 0 Å². The van der Waals surface area contributed by atoms with Gasteiger partial charge in [0.05, 0.1) is 17.4 Å². The summed E-state index contributed by atoms with van der Waals surface area (Å²) in [5.41, 5.74) is -0.804. The van der Waals surface area contributed by atoms with Crippen LogP contribution in [0.25, 0.3) is 0 Å². The van der Waals surface area contributed by atoms with Crippen LogP contribution >= 0.6 is 0 Å². The Balaban J connectivity index is 2.06. The highest BCUT2D eigenvalue weighted by Crippen LogP contribution is 2.53. The maximum Gasteiger partial charge on any atom is 0.309 e. The molecule has 7 atom stereocenters. The summed E-state index contributed by atoms with van der Waals surface area (Å²) in [6.07, 6.45) is 3.15. The molecule has 4 heteroatoms. The van der Waals surface area contributed by atoms with Gasteiger partial charge in [-0.25, -0.2) is 0 Å². The van der Waals surface area contributed by atoms with Gasteiger partial charge < -0.3 is 9.84 Å². The molecule has 3 aliphatic rings. The smallest absolute Gasteiger partial charge is 0.309 e. The first kappa shape index (κ1) is 12.9. The molecule has 1 N–H and O–H groups in total. The fourth-order valence-corrected chi connectivity index (χ4v) is 4.27. The van der Waals surface area contributed by atoms with E-state index < -0.39 is 11.5 Å². The van der Waals surface area contributed by atoms with Crippen LogP contribution in [0.1, 0.15) is 27.2 Å². The number of carbonyl (C=O) groups is 2. The van der Waals surface area contributed by atoms with Gasteiger partial charge in [-0.1, -0.05) is 19.9 Å². The zero-order chi connectivity index (χ0) is 13.9. The topological polar surface area (TPSA) is 63.6 Å². The number of hydrogen-bond donors (Lipinski definition) is 1. The fourth-order valence-electron chi connectivity index (χ4n) is 4.27. The van der Waals surface area contributed by atoms with Gasteiger partial charge in [-0.2, -0.15) is 0 Å². The highest BCUT2D eigenvalue weighted by atomic mass is 16.6. The molecular weight excluding hydrogens is 244 g/mol. The second kappa shape index (κ2) is 3.92. The summed E-state index contributed by atoms with van der Waals surface area (Å²) in [5.74, 6) is -0.627. The minimum atomic E-state index is -0.823. The van der Waals surface area contributed by atoms with E-state index in [0.29, 0.717) is 0 Å². The van der Waals surface area contributed by atoms with Crippen LogP contribution in [0, 0.1) is 29.1 Å². The molecule has 104 valence electrons. The van der Waals surface area contributed by atoms with E-state index in [0.717, 1.165) is 6.42 Å². The Bertz CT molecular complexity index is 469. The van der Waals surface area contributed by atoms with Crippen molar-refractivity contribution in [2.75, 3.05) is 0 Å². The summed E-state index contributed by atoms with van der Waals surface area (Å²) in [7, 11) is 0. The molecule has 0 aromatic carbocycles. The third kappa shape index (κ3) is 1.49. The second-order valence-corrected chi connectivity index (χ2v) is 6.53. The lowest BCUT2D eigenvalue weighted by Gasteiger charge is -2.37. The van der Waals surface area contributed by atoms with Crippen LogP contribution < -0.4 is 0 Å². The van der Waals surface area contributed by atoms with Gasteiger partial charge in [-0.15, -0.1) is 0 Å². The van der Waals surface area contributed by atoms with Crippen LogP contribution in [0.2, 0.25) is 0 Å². The minimum absolute atomic E-state index is 0.0240. The molecule has 19 heavy (non-hydrogen) atoms. The van der Waals surface area contributed by atoms with Crippen LogP contribution in [0.3, 0.4) is 0 Å². The van der Waals surface area contributed by atoms with Crippen molar-refractivity contribution < 1.29 is 19.4 Å². The molecule has 0 amide bonds. The van der Waals surface area contributed by atoms with E-state index in [1.807, 2.05) is 13.0 Å². The predicted octanol–water partition coefficient (Wildman–Crippen LogP) is 1.33. The first-order valence-electron chi connectivity index (χ1n) is 6.98. The van der Waals surface area contributed by atoms with Gasteiger partial charge in [-0.05, 0) is 31.3 Å². The van der Waals surface area contributed by atoms with Crippen molar-refractivity contribution in [2.45, 2.75) is 39.4 Å². The molecule has 1 saturated carbocycles. The van der Waals surface area contributed by atoms with Crippen molar-refractivity contribution in [3.63, 3.8) is 0 Å². The Morgan fingerprint density at radius 1 is 1.37 bits per heavy atom. The van der Waals surface area contributed by atoms with Crippen LogP contribution in [-0.4, -0.2) is 29.1 Å². The first-order chi connectivity index (χ1) is 8.87. The molecule has 0 bridgehead atoms. The number of ketones is 1. The summed E-state index contributed by atoms with van der Waals surface area (Å²) in [6, 6.07) is 0. The molecule has 4 nitrogen and oxygen atoms in total. The summed E-state index contributed by atoms with van der Waals surface area (Å²) in [6.45, 7) is 5.69. The van der Waals surface area contributed by atoms with Crippen molar-refractivity contribution >= 4 is 11.8 Å². The zero-order valence-electron chi connectivity index (χ0n) is 11.5. The van der Waals surface area contributed by atoms with Crippen LogP contribution in [0.4, 0.5) is 0 Å². The van der Waals surface area contributed by atoms with E-state index in [-0.39, 0.29) is 41.5 Å². The Labute approximate surface area is 112 Å². The number of ether oxygens (including phenoxy) is 1. The largest absolute Gasteiger partial charge is 0.462 e. The van der Waals surface area contributed by atoms with Gasteiger partial charge in [0.15, 0.2) is 5.78 Å². The molecule has 1 saturated heterocycles. The molecular formula is C15H20O4. The maximum atomic E-state index is 12.2. The zero-order valence-corrected chi connectivity index (χ0v) is 11.5. The number of aliphatic hydroxyl groups excluding tert-OH is 1. The second-order valence-electron chi connectivity index (χ2n) is 6.53. The van der Waals surface area contributed by atoms with Crippen LogP contribution in [0.5, 0.6) is 0 Å². The molecule has 2 fully saturated rings. The number of esters is 1. The highest BCUT2D eigenvalue weighted by Gasteiger charge is 2.60. The van der Waals surface area contributed by atoms with Gasteiger partial charge in [0, 0.05) is 5.92 Å². The molecule has 3 rings (SSSR count).